The smallest absolute Gasteiger partial charge is 0.126 e. The molecule has 21 heavy (non-hydrogen) atoms. The zero-order valence-corrected chi connectivity index (χ0v) is 11.5. The highest BCUT2D eigenvalue weighted by Gasteiger charge is 2.06. The minimum atomic E-state index is -0.217. The molecule has 0 aliphatic rings. The molecule has 1 N–H and O–H groups in total. The monoisotopic (exact) mass is 276 g/mol. The minimum Gasteiger partial charge on any atom is -0.355 e. The Labute approximate surface area is 122 Å². The summed E-state index contributed by atoms with van der Waals surface area (Å²) >= 11 is 0. The molecule has 3 aromatic rings. The van der Waals surface area contributed by atoms with E-state index in [1.165, 1.54) is 6.07 Å². The van der Waals surface area contributed by atoms with Crippen molar-refractivity contribution < 1.29 is 4.39 Å². The van der Waals surface area contributed by atoms with Gasteiger partial charge in [-0.15, -0.1) is 0 Å². The molecule has 0 heterocycles. The molecule has 0 radical (unpaired) electrons. The van der Waals surface area contributed by atoms with Crippen molar-refractivity contribution in [1.82, 2.24) is 0 Å². The number of rotatable bonds is 2. The lowest BCUT2D eigenvalue weighted by Crippen LogP contribution is -1.94. The number of nitrogens with one attached hydrogen (secondary N) is 1. The molecular weight excluding hydrogens is 263 g/mol. The van der Waals surface area contributed by atoms with E-state index in [0.29, 0.717) is 11.1 Å². The fourth-order valence-corrected chi connectivity index (χ4v) is 2.38. The molecule has 3 rings (SSSR count). The number of fused-ring (bicyclic) bond motifs is 1. The van der Waals surface area contributed by atoms with E-state index >= 15 is 0 Å². The molecule has 0 atom stereocenters. The Morgan fingerprint density at radius 1 is 1.00 bits per heavy atom. The molecule has 3 heteroatoms. The molecular formula is C18H13FN2. The second kappa shape index (κ2) is 5.26. The van der Waals surface area contributed by atoms with Crippen molar-refractivity contribution in [2.45, 2.75) is 6.92 Å². The van der Waals surface area contributed by atoms with Gasteiger partial charge in [0.1, 0.15) is 5.82 Å². The molecule has 0 saturated heterocycles. The highest BCUT2D eigenvalue weighted by Crippen LogP contribution is 2.29. The van der Waals surface area contributed by atoms with Gasteiger partial charge in [0.25, 0.3) is 0 Å². The first kappa shape index (κ1) is 13.1. The van der Waals surface area contributed by atoms with Crippen molar-refractivity contribution in [3.05, 3.63) is 71.5 Å². The van der Waals surface area contributed by atoms with Crippen molar-refractivity contribution in [3.63, 3.8) is 0 Å². The lowest BCUT2D eigenvalue weighted by molar-refractivity contribution is 0.619. The van der Waals surface area contributed by atoms with Gasteiger partial charge in [-0.25, -0.2) is 4.39 Å². The van der Waals surface area contributed by atoms with Crippen LogP contribution in [0.5, 0.6) is 0 Å². The van der Waals surface area contributed by atoms with Gasteiger partial charge in [-0.05, 0) is 42.8 Å². The lowest BCUT2D eigenvalue weighted by Gasteiger charge is -2.11. The van der Waals surface area contributed by atoms with Crippen LogP contribution in [0.3, 0.4) is 0 Å². The van der Waals surface area contributed by atoms with Crippen LogP contribution in [0, 0.1) is 24.1 Å². The molecule has 102 valence electrons. The van der Waals surface area contributed by atoms with Gasteiger partial charge < -0.3 is 5.32 Å². The van der Waals surface area contributed by atoms with Crippen molar-refractivity contribution in [2.75, 3.05) is 5.32 Å². The summed E-state index contributed by atoms with van der Waals surface area (Å²) < 4.78 is 13.3. The maximum atomic E-state index is 13.3. The van der Waals surface area contributed by atoms with Crippen LogP contribution in [0.4, 0.5) is 15.8 Å². The van der Waals surface area contributed by atoms with Crippen LogP contribution in [0.2, 0.25) is 0 Å². The largest absolute Gasteiger partial charge is 0.355 e. The molecule has 0 spiro atoms. The average molecular weight is 276 g/mol. The van der Waals surface area contributed by atoms with E-state index < -0.39 is 0 Å². The van der Waals surface area contributed by atoms with E-state index in [9.17, 15) is 9.65 Å². The molecule has 0 aliphatic carbocycles. The first-order valence-electron chi connectivity index (χ1n) is 6.64. The Bertz CT molecular complexity index is 863. The zero-order valence-electron chi connectivity index (χ0n) is 11.5. The van der Waals surface area contributed by atoms with Gasteiger partial charge in [0, 0.05) is 22.1 Å². The summed E-state index contributed by atoms with van der Waals surface area (Å²) in [6.07, 6.45) is 0. The fourth-order valence-electron chi connectivity index (χ4n) is 2.38. The van der Waals surface area contributed by atoms with Crippen LogP contribution >= 0.6 is 0 Å². The normalized spacial score (nSPS) is 10.3. The number of benzene rings is 3. The Morgan fingerprint density at radius 3 is 2.48 bits per heavy atom. The fraction of sp³-hybridized carbons (Fsp3) is 0.0556. The average Bonchev–Trinajstić information content (AvgIpc) is 2.51. The van der Waals surface area contributed by atoms with E-state index in [-0.39, 0.29) is 5.82 Å². The van der Waals surface area contributed by atoms with Crippen LogP contribution in [0.15, 0.2) is 54.6 Å². The highest BCUT2D eigenvalue weighted by atomic mass is 19.1. The molecule has 0 aromatic heterocycles. The van der Waals surface area contributed by atoms with E-state index in [1.807, 2.05) is 30.3 Å². The number of nitrogens with zero attached hydrogens (tertiary/aromatic N) is 1. The van der Waals surface area contributed by atoms with Crippen molar-refractivity contribution >= 4 is 22.1 Å². The third-order valence-corrected chi connectivity index (χ3v) is 3.48. The van der Waals surface area contributed by atoms with E-state index in [1.54, 1.807) is 25.1 Å². The summed E-state index contributed by atoms with van der Waals surface area (Å²) in [6.45, 7) is 1.73. The van der Waals surface area contributed by atoms with E-state index in [0.717, 1.165) is 22.1 Å². The molecule has 2 nitrogen and oxygen atoms in total. The summed E-state index contributed by atoms with van der Waals surface area (Å²) in [6, 6.07) is 18.5. The summed E-state index contributed by atoms with van der Waals surface area (Å²) in [5.74, 6) is -0.217. The number of hydrogen-bond acceptors (Lipinski definition) is 2. The Hall–Kier alpha value is -2.86. The van der Waals surface area contributed by atoms with Crippen LogP contribution in [0.25, 0.3) is 10.8 Å². The van der Waals surface area contributed by atoms with E-state index in [4.69, 9.17) is 0 Å². The Balaban J connectivity index is 2.09. The van der Waals surface area contributed by atoms with Gasteiger partial charge in [0.05, 0.1) is 11.6 Å². The number of aryl methyl sites for hydroxylation is 1. The quantitative estimate of drug-likeness (QED) is 0.722. The minimum absolute atomic E-state index is 0.217. The van der Waals surface area contributed by atoms with Gasteiger partial charge in [0.2, 0.25) is 0 Å². The third-order valence-electron chi connectivity index (χ3n) is 3.48. The molecule has 0 saturated carbocycles. The lowest BCUT2D eigenvalue weighted by atomic mass is 10.0. The number of nitriles is 1. The van der Waals surface area contributed by atoms with Gasteiger partial charge in [-0.3, -0.25) is 0 Å². The van der Waals surface area contributed by atoms with Gasteiger partial charge in [-0.2, -0.15) is 5.26 Å². The van der Waals surface area contributed by atoms with Crippen LogP contribution < -0.4 is 5.32 Å². The molecule has 0 bridgehead atoms. The predicted octanol–water partition coefficient (Wildman–Crippen LogP) is 4.90. The molecule has 0 unspecified atom stereocenters. The molecule has 3 aromatic carbocycles. The maximum absolute atomic E-state index is 13.3. The standard InChI is InChI=1S/C18H13FN2/c1-12-10-14(7-8-17(12)19)21-18-9-6-13(11-20)15-4-2-3-5-16(15)18/h2-10,21H,1H3. The second-order valence-corrected chi connectivity index (χ2v) is 4.91. The number of halogens is 1. The van der Waals surface area contributed by atoms with Crippen molar-refractivity contribution in [1.29, 1.82) is 5.26 Å². The topological polar surface area (TPSA) is 35.8 Å². The van der Waals surface area contributed by atoms with Crippen LogP contribution in [0.1, 0.15) is 11.1 Å². The van der Waals surface area contributed by atoms with Gasteiger partial charge >= 0.3 is 0 Å². The highest BCUT2D eigenvalue weighted by molar-refractivity contribution is 5.98. The van der Waals surface area contributed by atoms with E-state index in [2.05, 4.69) is 11.4 Å². The summed E-state index contributed by atoms with van der Waals surface area (Å²) in [5, 5.41) is 14.3. The number of hydrogen-bond donors (Lipinski definition) is 1. The molecule has 0 aliphatic heterocycles. The molecule has 0 amide bonds. The zero-order chi connectivity index (χ0) is 14.8. The predicted molar refractivity (Wildman–Crippen MR) is 83.1 cm³/mol. The maximum Gasteiger partial charge on any atom is 0.126 e. The Morgan fingerprint density at radius 2 is 1.76 bits per heavy atom. The summed E-state index contributed by atoms with van der Waals surface area (Å²) in [5.41, 5.74) is 2.96. The summed E-state index contributed by atoms with van der Waals surface area (Å²) in [4.78, 5) is 0. The Kier molecular flexibility index (Phi) is 3.29. The first-order valence-corrected chi connectivity index (χ1v) is 6.64. The molecule has 0 fully saturated rings. The summed E-state index contributed by atoms with van der Waals surface area (Å²) in [7, 11) is 0. The van der Waals surface area contributed by atoms with Crippen molar-refractivity contribution in [2.24, 2.45) is 0 Å². The van der Waals surface area contributed by atoms with Gasteiger partial charge in [0.15, 0.2) is 0 Å². The van der Waals surface area contributed by atoms with Gasteiger partial charge in [-0.1, -0.05) is 24.3 Å². The van der Waals surface area contributed by atoms with Crippen LogP contribution in [-0.4, -0.2) is 0 Å². The first-order chi connectivity index (χ1) is 10.2. The third kappa shape index (κ3) is 2.44. The van der Waals surface area contributed by atoms with Crippen molar-refractivity contribution in [3.8, 4) is 6.07 Å². The second-order valence-electron chi connectivity index (χ2n) is 4.91. The number of anilines is 2. The van der Waals surface area contributed by atoms with Crippen LogP contribution in [-0.2, 0) is 0 Å². The SMILES string of the molecule is Cc1cc(Nc2ccc(C#N)c3ccccc23)ccc1F.